The molecule has 1 aromatic rings. The van der Waals surface area contributed by atoms with E-state index in [1.54, 1.807) is 33.8 Å². The molecule has 0 radical (unpaired) electrons. The number of nitrogens with zero attached hydrogens (tertiary/aromatic N) is 1. The lowest BCUT2D eigenvalue weighted by Crippen LogP contribution is -2.27. The first-order chi connectivity index (χ1) is 7.28. The Morgan fingerprint density at radius 2 is 2.12 bits per heavy atom. The minimum Gasteiger partial charge on any atom is -0.444 e. The summed E-state index contributed by atoms with van der Waals surface area (Å²) in [6.07, 6.45) is 1.03. The van der Waals surface area contributed by atoms with E-state index in [1.807, 2.05) is 0 Å². The number of amides is 1. The smallest absolute Gasteiger partial charge is 0.412 e. The lowest BCUT2D eigenvalue weighted by atomic mass is 10.2. The number of ether oxygens (including phenoxy) is 1. The third kappa shape index (κ3) is 3.76. The minimum atomic E-state index is -0.522. The number of nitrogens with two attached hydrogens (primary N) is 1. The third-order valence-corrected chi connectivity index (χ3v) is 1.74. The number of carbonyl (C=O) groups excluding carboxylic acids is 1. The highest BCUT2D eigenvalue weighted by molar-refractivity contribution is 5.86. The summed E-state index contributed by atoms with van der Waals surface area (Å²) in [6, 6.07) is 1.65. The number of carbonyl (C=O) groups is 1. The number of aromatic nitrogens is 1. The minimum absolute atomic E-state index is 0.497. The summed E-state index contributed by atoms with van der Waals surface area (Å²) in [4.78, 5) is 15.5. The number of aryl methyl sites for hydroxylation is 1. The van der Waals surface area contributed by atoms with Gasteiger partial charge in [-0.15, -0.1) is 0 Å². The van der Waals surface area contributed by atoms with Gasteiger partial charge in [-0.2, -0.15) is 0 Å². The second-order valence-corrected chi connectivity index (χ2v) is 4.53. The molecular weight excluding hydrogens is 206 g/mol. The number of nitrogen functional groups attached to an aromatic ring is 1. The maximum Gasteiger partial charge on any atom is 0.412 e. The van der Waals surface area contributed by atoms with Crippen LogP contribution in [0.15, 0.2) is 12.3 Å². The number of hydrogen-bond donors (Lipinski definition) is 2. The third-order valence-electron chi connectivity index (χ3n) is 1.74. The molecule has 1 aromatic heterocycles. The van der Waals surface area contributed by atoms with Crippen LogP contribution in [0.4, 0.5) is 16.2 Å². The summed E-state index contributed by atoms with van der Waals surface area (Å²) in [7, 11) is 0. The molecule has 5 nitrogen and oxygen atoms in total. The molecule has 88 valence electrons. The van der Waals surface area contributed by atoms with Crippen LogP contribution in [-0.4, -0.2) is 16.7 Å². The highest BCUT2D eigenvalue weighted by Gasteiger charge is 2.16. The highest BCUT2D eigenvalue weighted by atomic mass is 16.6. The molecule has 0 saturated heterocycles. The fourth-order valence-electron chi connectivity index (χ4n) is 1.09. The molecule has 0 bridgehead atoms. The molecule has 0 aromatic carbocycles. The Hall–Kier alpha value is -1.78. The van der Waals surface area contributed by atoms with Crippen LogP contribution in [0, 0.1) is 6.92 Å². The van der Waals surface area contributed by atoms with Gasteiger partial charge in [-0.1, -0.05) is 0 Å². The van der Waals surface area contributed by atoms with Gasteiger partial charge in [-0.3, -0.25) is 10.3 Å². The molecule has 0 aliphatic carbocycles. The first-order valence-corrected chi connectivity index (χ1v) is 5.00. The molecule has 16 heavy (non-hydrogen) atoms. The Kier molecular flexibility index (Phi) is 3.37. The fourth-order valence-corrected chi connectivity index (χ4v) is 1.09. The van der Waals surface area contributed by atoms with Crippen LogP contribution >= 0.6 is 0 Å². The van der Waals surface area contributed by atoms with E-state index in [1.165, 1.54) is 6.20 Å². The topological polar surface area (TPSA) is 77.2 Å². The van der Waals surface area contributed by atoms with Gasteiger partial charge in [-0.25, -0.2) is 4.79 Å². The molecule has 0 fully saturated rings. The van der Waals surface area contributed by atoms with Crippen LogP contribution in [0.25, 0.3) is 0 Å². The van der Waals surface area contributed by atoms with Crippen LogP contribution in [-0.2, 0) is 4.74 Å². The van der Waals surface area contributed by atoms with E-state index in [2.05, 4.69) is 10.3 Å². The number of hydrogen-bond acceptors (Lipinski definition) is 4. The predicted molar refractivity (Wildman–Crippen MR) is 63.2 cm³/mol. The normalized spacial score (nSPS) is 11.0. The molecule has 0 saturated carbocycles. The van der Waals surface area contributed by atoms with Crippen LogP contribution in [0.1, 0.15) is 26.5 Å². The second kappa shape index (κ2) is 4.38. The second-order valence-electron chi connectivity index (χ2n) is 4.53. The SMILES string of the molecule is Cc1ncc(N)cc1NC(=O)OC(C)(C)C. The van der Waals surface area contributed by atoms with Crippen molar-refractivity contribution in [2.45, 2.75) is 33.3 Å². The molecule has 0 atom stereocenters. The Morgan fingerprint density at radius 3 is 2.69 bits per heavy atom. The molecular formula is C11H17N3O2. The molecule has 1 amide bonds. The Balaban J connectivity index is 2.73. The zero-order valence-corrected chi connectivity index (χ0v) is 10.00. The quantitative estimate of drug-likeness (QED) is 0.766. The molecule has 0 spiro atoms. The Bertz CT molecular complexity index is 397. The molecule has 0 unspecified atom stereocenters. The van der Waals surface area contributed by atoms with E-state index in [-0.39, 0.29) is 0 Å². The zero-order valence-electron chi connectivity index (χ0n) is 10.00. The van der Waals surface area contributed by atoms with Crippen molar-refractivity contribution in [2.75, 3.05) is 11.1 Å². The van der Waals surface area contributed by atoms with Crippen molar-refractivity contribution in [3.8, 4) is 0 Å². The van der Waals surface area contributed by atoms with Gasteiger partial charge in [0.05, 0.1) is 23.3 Å². The van der Waals surface area contributed by atoms with Gasteiger partial charge in [0, 0.05) is 0 Å². The predicted octanol–water partition coefficient (Wildman–Crippen LogP) is 2.32. The van der Waals surface area contributed by atoms with Crippen molar-refractivity contribution >= 4 is 17.5 Å². The summed E-state index contributed by atoms with van der Waals surface area (Å²) in [6.45, 7) is 7.19. The van der Waals surface area contributed by atoms with Crippen molar-refractivity contribution in [3.05, 3.63) is 18.0 Å². The van der Waals surface area contributed by atoms with E-state index < -0.39 is 11.7 Å². The lowest BCUT2D eigenvalue weighted by molar-refractivity contribution is 0.0636. The van der Waals surface area contributed by atoms with Crippen molar-refractivity contribution < 1.29 is 9.53 Å². The average molecular weight is 223 g/mol. The van der Waals surface area contributed by atoms with Gasteiger partial charge in [0.15, 0.2) is 0 Å². The van der Waals surface area contributed by atoms with E-state index >= 15 is 0 Å². The van der Waals surface area contributed by atoms with Crippen molar-refractivity contribution in [1.29, 1.82) is 0 Å². The van der Waals surface area contributed by atoms with Crippen molar-refractivity contribution in [3.63, 3.8) is 0 Å². The molecule has 3 N–H and O–H groups in total. The van der Waals surface area contributed by atoms with E-state index in [9.17, 15) is 4.79 Å². The summed E-state index contributed by atoms with van der Waals surface area (Å²) in [5.74, 6) is 0. The number of nitrogens with one attached hydrogen (secondary N) is 1. The maximum absolute atomic E-state index is 11.5. The van der Waals surface area contributed by atoms with Gasteiger partial charge < -0.3 is 10.5 Å². The summed E-state index contributed by atoms with van der Waals surface area (Å²) >= 11 is 0. The van der Waals surface area contributed by atoms with Crippen LogP contribution in [0.5, 0.6) is 0 Å². The van der Waals surface area contributed by atoms with Gasteiger partial charge >= 0.3 is 6.09 Å². The first kappa shape index (κ1) is 12.3. The Labute approximate surface area is 95.0 Å². The number of pyridine rings is 1. The zero-order chi connectivity index (χ0) is 12.3. The number of anilines is 2. The summed E-state index contributed by atoms with van der Waals surface area (Å²) < 4.78 is 5.12. The van der Waals surface area contributed by atoms with E-state index in [0.29, 0.717) is 17.1 Å². The highest BCUT2D eigenvalue weighted by Crippen LogP contribution is 2.16. The largest absolute Gasteiger partial charge is 0.444 e. The molecule has 5 heteroatoms. The molecule has 0 aliphatic rings. The summed E-state index contributed by atoms with van der Waals surface area (Å²) in [5.41, 5.74) is 6.81. The van der Waals surface area contributed by atoms with E-state index in [4.69, 9.17) is 10.5 Å². The Morgan fingerprint density at radius 1 is 1.50 bits per heavy atom. The van der Waals surface area contributed by atoms with Gasteiger partial charge in [0.25, 0.3) is 0 Å². The maximum atomic E-state index is 11.5. The molecule has 0 aliphatic heterocycles. The fraction of sp³-hybridized carbons (Fsp3) is 0.455. The van der Waals surface area contributed by atoms with Crippen LogP contribution in [0.3, 0.4) is 0 Å². The van der Waals surface area contributed by atoms with E-state index in [0.717, 1.165) is 0 Å². The van der Waals surface area contributed by atoms with Crippen LogP contribution in [0.2, 0.25) is 0 Å². The lowest BCUT2D eigenvalue weighted by Gasteiger charge is -2.20. The standard InChI is InChI=1S/C11H17N3O2/c1-7-9(5-8(12)6-13-7)14-10(15)16-11(2,3)4/h5-6H,12H2,1-4H3,(H,14,15). The van der Waals surface area contributed by atoms with Crippen molar-refractivity contribution in [2.24, 2.45) is 0 Å². The van der Waals surface area contributed by atoms with Gasteiger partial charge in [0.1, 0.15) is 5.60 Å². The van der Waals surface area contributed by atoms with Crippen LogP contribution < -0.4 is 11.1 Å². The summed E-state index contributed by atoms with van der Waals surface area (Å²) in [5, 5.41) is 2.60. The van der Waals surface area contributed by atoms with Gasteiger partial charge in [-0.05, 0) is 33.8 Å². The molecule has 1 heterocycles. The number of rotatable bonds is 1. The average Bonchev–Trinajstić information content (AvgIpc) is 2.08. The molecule has 1 rings (SSSR count). The van der Waals surface area contributed by atoms with Crippen molar-refractivity contribution in [1.82, 2.24) is 4.98 Å². The first-order valence-electron chi connectivity index (χ1n) is 5.00. The monoisotopic (exact) mass is 223 g/mol. The van der Waals surface area contributed by atoms with Gasteiger partial charge in [0.2, 0.25) is 0 Å².